The van der Waals surface area contributed by atoms with Crippen LogP contribution in [0.4, 0.5) is 8.78 Å². The number of hydrogen-bond acceptors (Lipinski definition) is 5. The van der Waals surface area contributed by atoms with E-state index in [1.807, 2.05) is 0 Å². The maximum atomic E-state index is 12.6. The van der Waals surface area contributed by atoms with Gasteiger partial charge in [-0.2, -0.15) is 8.78 Å². The highest BCUT2D eigenvalue weighted by molar-refractivity contribution is 9.10. The lowest BCUT2D eigenvalue weighted by Crippen LogP contribution is -2.41. The minimum atomic E-state index is -3.08. The van der Waals surface area contributed by atoms with E-state index in [9.17, 15) is 13.6 Å². The quantitative estimate of drug-likeness (QED) is 0.305. The molecule has 0 fully saturated rings. The molecule has 0 heterocycles. The van der Waals surface area contributed by atoms with Gasteiger partial charge in [0, 0.05) is 4.47 Å². The second kappa shape index (κ2) is 9.14. The van der Waals surface area contributed by atoms with Gasteiger partial charge in [0.1, 0.15) is 23.7 Å². The van der Waals surface area contributed by atoms with E-state index >= 15 is 0 Å². The van der Waals surface area contributed by atoms with E-state index in [0.29, 0.717) is 11.1 Å². The molecule has 1 aromatic rings. The molecule has 0 saturated heterocycles. The van der Waals surface area contributed by atoms with Gasteiger partial charge < -0.3 is 18.6 Å². The Morgan fingerprint density at radius 3 is 2.27 bits per heavy atom. The fourth-order valence-corrected chi connectivity index (χ4v) is 3.27. The lowest BCUT2D eigenvalue weighted by molar-refractivity contribution is -0.0505. The van der Waals surface area contributed by atoms with Crippen LogP contribution in [0.2, 0.25) is 18.1 Å². The maximum Gasteiger partial charge on any atom is 0.387 e. The Kier molecular flexibility index (Phi) is 8.03. The smallest absolute Gasteiger partial charge is 0.387 e. The molecule has 26 heavy (non-hydrogen) atoms. The summed E-state index contributed by atoms with van der Waals surface area (Å²) in [6, 6.07) is 2.76. The fourth-order valence-electron chi connectivity index (χ4n) is 1.83. The van der Waals surface area contributed by atoms with Crippen molar-refractivity contribution >= 4 is 30.2 Å². The maximum absolute atomic E-state index is 12.6. The van der Waals surface area contributed by atoms with Crippen LogP contribution in [0.5, 0.6) is 11.5 Å². The van der Waals surface area contributed by atoms with Gasteiger partial charge in [-0.05, 0) is 30.3 Å². The van der Waals surface area contributed by atoms with Crippen LogP contribution >= 0.6 is 15.9 Å². The van der Waals surface area contributed by atoms with Crippen molar-refractivity contribution in [3.8, 4) is 11.5 Å². The second-order valence-electron chi connectivity index (χ2n) is 7.10. The van der Waals surface area contributed by atoms with Gasteiger partial charge in [0.15, 0.2) is 8.32 Å². The standard InChI is InChI=1S/C17H25BrF2O5Si/c1-17(2,3)26(5,6)24-8-7-23-12-9-11(18)10-13(25-16(19)20)14(12)15(21)22-4/h9-10,16H,7-8H2,1-6H3. The van der Waals surface area contributed by atoms with Crippen molar-refractivity contribution in [3.05, 3.63) is 22.2 Å². The first-order chi connectivity index (χ1) is 11.9. The van der Waals surface area contributed by atoms with Crippen molar-refractivity contribution in [3.63, 3.8) is 0 Å². The molecule has 0 aliphatic carbocycles. The summed E-state index contributed by atoms with van der Waals surface area (Å²) in [6.45, 7) is 7.98. The largest absolute Gasteiger partial charge is 0.490 e. The normalized spacial score (nSPS) is 12.2. The van der Waals surface area contributed by atoms with Crippen LogP contribution in [0, 0.1) is 0 Å². The third-order valence-electron chi connectivity index (χ3n) is 4.25. The molecule has 1 aromatic carbocycles. The Balaban J connectivity index is 2.95. The Hall–Kier alpha value is -1.19. The van der Waals surface area contributed by atoms with Crippen molar-refractivity contribution < 1.29 is 32.2 Å². The highest BCUT2D eigenvalue weighted by atomic mass is 79.9. The Morgan fingerprint density at radius 1 is 1.19 bits per heavy atom. The zero-order valence-corrected chi connectivity index (χ0v) is 18.4. The second-order valence-corrected chi connectivity index (χ2v) is 12.8. The van der Waals surface area contributed by atoms with Crippen molar-refractivity contribution in [2.24, 2.45) is 0 Å². The third-order valence-corrected chi connectivity index (χ3v) is 9.24. The SMILES string of the molecule is COC(=O)c1c(OCCO[Si](C)(C)C(C)(C)C)cc(Br)cc1OC(F)F. The molecule has 0 radical (unpaired) electrons. The molecule has 148 valence electrons. The molecule has 0 saturated carbocycles. The van der Waals surface area contributed by atoms with Gasteiger partial charge in [0.05, 0.1) is 13.7 Å². The predicted octanol–water partition coefficient (Wildman–Crippen LogP) is 5.24. The molecule has 0 amide bonds. The van der Waals surface area contributed by atoms with Crippen LogP contribution < -0.4 is 9.47 Å². The van der Waals surface area contributed by atoms with Crippen LogP contribution in [-0.2, 0) is 9.16 Å². The Morgan fingerprint density at radius 2 is 1.77 bits per heavy atom. The average molecular weight is 455 g/mol. The number of hydrogen-bond donors (Lipinski definition) is 0. The summed E-state index contributed by atoms with van der Waals surface area (Å²) in [5, 5.41) is 0.0538. The van der Waals surface area contributed by atoms with E-state index in [1.54, 1.807) is 0 Å². The molecule has 1 rings (SSSR count). The highest BCUT2D eigenvalue weighted by Crippen LogP contribution is 2.37. The van der Waals surface area contributed by atoms with Crippen LogP contribution in [-0.4, -0.2) is 41.2 Å². The molecule has 0 aromatic heterocycles. The summed E-state index contributed by atoms with van der Waals surface area (Å²) in [5.74, 6) is -1.06. The fraction of sp³-hybridized carbons (Fsp3) is 0.588. The van der Waals surface area contributed by atoms with Crippen LogP contribution in [0.1, 0.15) is 31.1 Å². The topological polar surface area (TPSA) is 54.0 Å². The van der Waals surface area contributed by atoms with Crippen LogP contribution in [0.25, 0.3) is 0 Å². The molecule has 9 heteroatoms. The highest BCUT2D eigenvalue weighted by Gasteiger charge is 2.37. The van der Waals surface area contributed by atoms with Crippen molar-refractivity contribution in [1.82, 2.24) is 0 Å². The summed E-state index contributed by atoms with van der Waals surface area (Å²) in [7, 11) is -0.780. The van der Waals surface area contributed by atoms with Gasteiger partial charge in [0.2, 0.25) is 0 Å². The van der Waals surface area contributed by atoms with Gasteiger partial charge in [-0.3, -0.25) is 0 Å². The van der Waals surface area contributed by atoms with Gasteiger partial charge in [-0.25, -0.2) is 4.79 Å². The molecular formula is C17H25BrF2O5Si. The van der Waals surface area contributed by atoms with E-state index in [1.165, 1.54) is 12.1 Å². The van der Waals surface area contributed by atoms with Gasteiger partial charge in [-0.1, -0.05) is 36.7 Å². The van der Waals surface area contributed by atoms with E-state index in [-0.39, 0.29) is 28.7 Å². The number of esters is 1. The molecule has 0 aliphatic rings. The molecule has 0 unspecified atom stereocenters. The van der Waals surface area contributed by atoms with Crippen molar-refractivity contribution in [1.29, 1.82) is 0 Å². The van der Waals surface area contributed by atoms with E-state index in [0.717, 1.165) is 7.11 Å². The monoisotopic (exact) mass is 454 g/mol. The minimum absolute atomic E-state index is 0.0538. The van der Waals surface area contributed by atoms with Gasteiger partial charge >= 0.3 is 12.6 Å². The zero-order valence-electron chi connectivity index (χ0n) is 15.8. The summed E-state index contributed by atoms with van der Waals surface area (Å²) in [4.78, 5) is 12.0. The number of methoxy groups -OCH3 is 1. The lowest BCUT2D eigenvalue weighted by atomic mass is 10.2. The summed E-state index contributed by atoms with van der Waals surface area (Å²) in [5.41, 5.74) is -0.191. The third kappa shape index (κ3) is 6.21. The molecule has 0 bridgehead atoms. The van der Waals surface area contributed by atoms with Crippen molar-refractivity contribution in [2.45, 2.75) is 45.5 Å². The molecular weight excluding hydrogens is 430 g/mol. The number of ether oxygens (including phenoxy) is 3. The first-order valence-corrected chi connectivity index (χ1v) is 11.7. The zero-order chi connectivity index (χ0) is 20.1. The number of carbonyl (C=O) groups excluding carboxylic acids is 1. The molecule has 0 aliphatic heterocycles. The number of carbonyl (C=O) groups is 1. The molecule has 5 nitrogen and oxygen atoms in total. The Bertz CT molecular complexity index is 632. The van der Waals surface area contributed by atoms with E-state index < -0.39 is 20.9 Å². The number of alkyl halides is 2. The minimum Gasteiger partial charge on any atom is -0.490 e. The first-order valence-electron chi connectivity index (χ1n) is 8.02. The summed E-state index contributed by atoms with van der Waals surface area (Å²) >= 11 is 3.19. The van der Waals surface area contributed by atoms with Gasteiger partial charge in [-0.15, -0.1) is 0 Å². The number of benzene rings is 1. The van der Waals surface area contributed by atoms with Crippen LogP contribution in [0.15, 0.2) is 16.6 Å². The number of halogens is 3. The summed E-state index contributed by atoms with van der Waals surface area (Å²) in [6.07, 6.45) is 0. The molecule has 0 atom stereocenters. The molecule has 0 N–H and O–H groups in total. The Labute approximate surface area is 162 Å². The average Bonchev–Trinajstić information content (AvgIpc) is 2.48. The molecule has 0 spiro atoms. The van der Waals surface area contributed by atoms with Crippen LogP contribution in [0.3, 0.4) is 0 Å². The van der Waals surface area contributed by atoms with E-state index in [2.05, 4.69) is 59.3 Å². The predicted molar refractivity (Wildman–Crippen MR) is 101 cm³/mol. The lowest BCUT2D eigenvalue weighted by Gasteiger charge is -2.36. The number of rotatable bonds is 8. The van der Waals surface area contributed by atoms with Crippen molar-refractivity contribution in [2.75, 3.05) is 20.3 Å². The van der Waals surface area contributed by atoms with Gasteiger partial charge in [0.25, 0.3) is 0 Å². The van der Waals surface area contributed by atoms with E-state index in [4.69, 9.17) is 9.16 Å². The summed E-state index contributed by atoms with van der Waals surface area (Å²) < 4.78 is 46.4. The first kappa shape index (κ1) is 22.8.